The summed E-state index contributed by atoms with van der Waals surface area (Å²) in [5, 5.41) is 112. The number of nitrogens with one attached hydrogen (secondary N) is 8. The molecule has 0 spiro atoms. The summed E-state index contributed by atoms with van der Waals surface area (Å²) in [5.74, 6) is -7.54. The van der Waals surface area contributed by atoms with Crippen molar-refractivity contribution in [2.75, 3.05) is 58.2 Å². The van der Waals surface area contributed by atoms with Crippen LogP contribution in [0.4, 0.5) is 10.6 Å². The minimum atomic E-state index is -2.20. The van der Waals surface area contributed by atoms with E-state index in [9.17, 15) is 74.4 Å². The summed E-state index contributed by atoms with van der Waals surface area (Å²) < 4.78 is 28.8. The van der Waals surface area contributed by atoms with Crippen molar-refractivity contribution in [2.45, 2.75) is 201 Å². The number of alkyl halides is 1. The molecule has 44 heteroatoms. The highest BCUT2D eigenvalue weighted by molar-refractivity contribution is 7.14. The largest absolute Gasteiger partial charge is 0.441 e. The van der Waals surface area contributed by atoms with Crippen molar-refractivity contribution in [3.05, 3.63) is 56.8 Å². The highest BCUT2D eigenvalue weighted by Crippen LogP contribution is 2.35. The number of ether oxygens (including phenoxy) is 5. The minimum absolute atomic E-state index is 0.0219. The number of aliphatic imine (C=N–C) groups is 1. The van der Waals surface area contributed by atoms with Gasteiger partial charge in [-0.3, -0.25) is 38.6 Å². The molecule has 0 aromatic carbocycles. The molecule has 3 aliphatic rings. The third kappa shape index (κ3) is 24.5. The van der Waals surface area contributed by atoms with Crippen LogP contribution in [0.15, 0.2) is 28.3 Å². The van der Waals surface area contributed by atoms with E-state index in [2.05, 4.69) is 72.1 Å². The minimum Gasteiger partial charge on any atom is -0.441 e. The van der Waals surface area contributed by atoms with E-state index in [1.54, 1.807) is 10.8 Å². The number of halogens is 1. The Hall–Kier alpha value is -7.93. The summed E-state index contributed by atoms with van der Waals surface area (Å²) >= 11 is 8.72. The Kier molecular flexibility index (Phi) is 33.7. The van der Waals surface area contributed by atoms with Crippen molar-refractivity contribution >= 4 is 93.4 Å². The van der Waals surface area contributed by atoms with Crippen LogP contribution < -0.4 is 71.6 Å². The fourth-order valence-electron chi connectivity index (χ4n) is 11.9. The number of imidazole rings is 1. The molecule has 8 amide bonds. The molecule has 41 nitrogen and oxygen atoms in total. The molecule has 7 rings (SSSR count). The van der Waals surface area contributed by atoms with Crippen LogP contribution >= 0.6 is 34.3 Å². The summed E-state index contributed by atoms with van der Waals surface area (Å²) in [4.78, 5) is 136. The third-order valence-corrected chi connectivity index (χ3v) is 20.4. The SMILES string of the molecule is Cc1c(N)nc([C@H](CC(N)=O)NC[C@H](N)C(N)=O)nc1C(=O)N[C@H](C(=O)N[C@H](C)[C@@H](O)[C@H](C)C(=O)N[C@H](C(=O)NCCc1nc(-c2nc(C(=O)NCCCNCCCN=C(N)CC3CCC(Cl)CC3)cs2)cs1)[C@@H](C)O)[C@@H](O[C@@H]1O[C@@H](CO)[C@@H](O)[C@H](O)[C@@H]1O[C@H]1O[C@H](CO)[C@@H](O)[C@H](OC(N)=O)[C@@H]1O)c1cnc[nH]1. The standard InChI is InChI=1S/C64H99ClN20O21S2/c1-26-42(82-55(85-53(26)69)33(18-40(68)89)77-19-32(66)54(70)95)59(99)84-44(50(34-20-73-25-78-34)104-63-52(48(93)46(91)37(21-86)103-63)105-62-49(94)51(106-64(71)101)47(92)38(22-87)102-62)60(100)79-28(3)45(90)27(2)56(96)83-43(29(4)88)58(98)76-16-11-41-80-36(24-107-41)61-81-35(23-108-61)57(97)75-15-6-13-72-12-5-14-74-39(67)17-30-7-9-31(65)10-8-30/h20,23-25,27-33,37-38,43-52,62-63,72,77,86-88,90-94H,5-19,21-22,66H2,1-4H3,(H2,67,74)(H2,68,89)(H2,70,95)(H2,71,101)(H,73,78)(H,75,97)(H,76,98)(H,79,100)(H,83,96)(H,84,99)(H2,69,82,85)/t27-,28+,29+,30?,31?,32-,33-,37-,38+,43-,44-,45-,46+,47+,48-,49-,50-,51-,52-,62+,63-/m0/s1. The van der Waals surface area contributed by atoms with Crippen molar-refractivity contribution in [3.8, 4) is 10.7 Å². The average Bonchev–Trinajstić information content (AvgIpc) is 0.903. The van der Waals surface area contributed by atoms with E-state index in [1.165, 1.54) is 50.4 Å². The number of aromatic amines is 1. The van der Waals surface area contributed by atoms with E-state index >= 15 is 4.79 Å². The van der Waals surface area contributed by atoms with E-state index in [4.69, 9.17) is 69.7 Å². The molecule has 2 saturated heterocycles. The van der Waals surface area contributed by atoms with Crippen LogP contribution in [0.1, 0.15) is 127 Å². The molecule has 28 N–H and O–H groups in total. The highest BCUT2D eigenvalue weighted by Gasteiger charge is 2.54. The number of carbonyl (C=O) groups excluding carboxylic acids is 8. The van der Waals surface area contributed by atoms with E-state index in [0.29, 0.717) is 53.5 Å². The molecule has 3 fully saturated rings. The summed E-state index contributed by atoms with van der Waals surface area (Å²) in [6.45, 7) is 5.12. The quantitative estimate of drug-likeness (QED) is 0.00851. The number of anilines is 1. The number of H-pyrrole nitrogens is 1. The first kappa shape index (κ1) is 87.3. The molecule has 19 atom stereocenters. The number of hydrogen-bond donors (Lipinski definition) is 22. The van der Waals surface area contributed by atoms with Gasteiger partial charge in [0.1, 0.15) is 94.6 Å². The van der Waals surface area contributed by atoms with E-state index in [1.807, 2.05) is 0 Å². The van der Waals surface area contributed by atoms with Gasteiger partial charge in [-0.1, -0.05) is 6.92 Å². The molecular weight excluding hydrogens is 1480 g/mol. The first-order chi connectivity index (χ1) is 51.3. The zero-order chi connectivity index (χ0) is 79.2. The Morgan fingerprint density at radius 1 is 0.769 bits per heavy atom. The van der Waals surface area contributed by atoms with Gasteiger partial charge >= 0.3 is 6.09 Å². The Morgan fingerprint density at radius 3 is 2.12 bits per heavy atom. The Morgan fingerprint density at radius 2 is 1.46 bits per heavy atom. The second-order valence-electron chi connectivity index (χ2n) is 26.4. The zero-order valence-corrected chi connectivity index (χ0v) is 62.1. The lowest BCUT2D eigenvalue weighted by molar-refractivity contribution is -0.372. The summed E-state index contributed by atoms with van der Waals surface area (Å²) in [6, 6.07) is -7.89. The second kappa shape index (κ2) is 41.8. The topological polar surface area (TPSA) is 677 Å². The van der Waals surface area contributed by atoms with Crippen molar-refractivity contribution in [2.24, 2.45) is 45.5 Å². The molecule has 4 aromatic rings. The van der Waals surface area contributed by atoms with Gasteiger partial charge in [0.2, 0.25) is 29.5 Å². The average molecular weight is 1580 g/mol. The van der Waals surface area contributed by atoms with Crippen LogP contribution in [0.2, 0.25) is 0 Å². The molecule has 0 unspecified atom stereocenters. The van der Waals surface area contributed by atoms with Gasteiger partial charge in [-0.05, 0) is 78.3 Å². The maximum Gasteiger partial charge on any atom is 0.404 e. The van der Waals surface area contributed by atoms with Crippen molar-refractivity contribution < 1.29 is 103 Å². The second-order valence-corrected chi connectivity index (χ2v) is 28.8. The van der Waals surface area contributed by atoms with Gasteiger partial charge in [0.15, 0.2) is 18.7 Å². The number of carbonyl (C=O) groups is 8. The lowest BCUT2D eigenvalue weighted by Crippen LogP contribution is -2.65. The Bertz CT molecular complexity index is 3650. The molecule has 6 heterocycles. The number of amidine groups is 1. The van der Waals surface area contributed by atoms with E-state index in [0.717, 1.165) is 57.6 Å². The number of amides is 8. The van der Waals surface area contributed by atoms with Gasteiger partial charge in [0, 0.05) is 67.1 Å². The number of nitrogens with two attached hydrogens (primary N) is 6. The molecule has 108 heavy (non-hydrogen) atoms. The summed E-state index contributed by atoms with van der Waals surface area (Å²) in [6.07, 6.45) is -18.7. The number of primary amides is 3. The summed E-state index contributed by atoms with van der Waals surface area (Å²) in [7, 11) is 0. The maximum atomic E-state index is 15.2. The fraction of sp³-hybridized carbons (Fsp3) is 0.656. The Labute approximate surface area is 632 Å². The van der Waals surface area contributed by atoms with Crippen LogP contribution in [-0.2, 0) is 54.1 Å². The van der Waals surface area contributed by atoms with Gasteiger partial charge in [-0.25, -0.2) is 29.7 Å². The molecule has 1 saturated carbocycles. The van der Waals surface area contributed by atoms with Crippen molar-refractivity contribution in [1.29, 1.82) is 0 Å². The number of rotatable bonds is 41. The number of hydrogen-bond acceptors (Lipinski definition) is 33. The van der Waals surface area contributed by atoms with Gasteiger partial charge in [0.25, 0.3) is 11.8 Å². The van der Waals surface area contributed by atoms with Gasteiger partial charge in [-0.2, -0.15) is 0 Å². The van der Waals surface area contributed by atoms with Crippen molar-refractivity contribution in [3.63, 3.8) is 0 Å². The molecule has 600 valence electrons. The fourth-order valence-corrected chi connectivity index (χ4v) is 13.8. The van der Waals surface area contributed by atoms with Gasteiger partial charge in [0.05, 0.1) is 78.5 Å². The van der Waals surface area contributed by atoms with Crippen molar-refractivity contribution in [1.82, 2.24) is 67.1 Å². The Balaban J connectivity index is 1.02. The highest BCUT2D eigenvalue weighted by atomic mass is 35.5. The van der Waals surface area contributed by atoms with Crippen LogP contribution in [0.3, 0.4) is 0 Å². The number of aromatic nitrogens is 6. The molecule has 0 bridgehead atoms. The first-order valence-corrected chi connectivity index (χ1v) is 37.1. The molecule has 2 aliphatic heterocycles. The molecule has 0 radical (unpaired) electrons. The molecular formula is C64H99ClN20O21S2. The van der Waals surface area contributed by atoms with Gasteiger partial charge in [-0.15, -0.1) is 34.3 Å². The maximum absolute atomic E-state index is 15.2. The summed E-state index contributed by atoms with van der Waals surface area (Å²) in [5.41, 5.74) is 34.2. The predicted molar refractivity (Wildman–Crippen MR) is 385 cm³/mol. The predicted octanol–water partition coefficient (Wildman–Crippen LogP) is -6.06. The number of aliphatic hydroxyl groups is 8. The molecule has 4 aromatic heterocycles. The lowest BCUT2D eigenvalue weighted by Gasteiger charge is -2.47. The normalized spacial score (nSPS) is 25.0. The van der Waals surface area contributed by atoms with Crippen LogP contribution in [0.5, 0.6) is 0 Å². The zero-order valence-electron chi connectivity index (χ0n) is 59.7. The number of nitrogen functional groups attached to an aromatic ring is 1. The van der Waals surface area contributed by atoms with Crippen LogP contribution in [0, 0.1) is 18.8 Å². The van der Waals surface area contributed by atoms with Gasteiger partial charge < -0.3 is 141 Å². The van der Waals surface area contributed by atoms with Crippen LogP contribution in [-0.4, -0.2) is 280 Å². The van der Waals surface area contributed by atoms with E-state index < -0.39 is 183 Å². The number of nitrogens with zero attached hydrogens (tertiary/aromatic N) is 6. The number of thiazole rings is 2. The van der Waals surface area contributed by atoms with Crippen LogP contribution in [0.25, 0.3) is 10.7 Å². The third-order valence-electron chi connectivity index (χ3n) is 18.2. The monoisotopic (exact) mass is 1580 g/mol. The molecule has 1 aliphatic carbocycles. The number of aliphatic hydroxyl groups excluding tert-OH is 8. The van der Waals surface area contributed by atoms with E-state index in [-0.39, 0.29) is 59.4 Å². The lowest BCUT2D eigenvalue weighted by atomic mass is 9.86. The first-order valence-electron chi connectivity index (χ1n) is 34.9. The smallest absolute Gasteiger partial charge is 0.404 e.